The van der Waals surface area contributed by atoms with Crippen LogP contribution in [-0.2, 0) is 7.05 Å². The van der Waals surface area contributed by atoms with Gasteiger partial charge in [-0.05, 0) is 18.1 Å². The maximum atomic E-state index is 4.39. The van der Waals surface area contributed by atoms with Gasteiger partial charge in [0, 0.05) is 25.4 Å². The quantitative estimate of drug-likeness (QED) is 0.878. The number of aromatic nitrogens is 4. The van der Waals surface area contributed by atoms with Crippen LogP contribution in [0.5, 0.6) is 0 Å². The van der Waals surface area contributed by atoms with E-state index in [1.165, 1.54) is 6.42 Å². The Morgan fingerprint density at radius 1 is 1.39 bits per heavy atom. The second-order valence-corrected chi connectivity index (χ2v) is 4.59. The minimum absolute atomic E-state index is 0.658. The summed E-state index contributed by atoms with van der Waals surface area (Å²) < 4.78 is 1.88. The van der Waals surface area contributed by atoms with E-state index in [-0.39, 0.29) is 0 Å². The summed E-state index contributed by atoms with van der Waals surface area (Å²) in [6, 6.07) is 3.99. The molecule has 0 saturated heterocycles. The average molecular weight is 245 g/mol. The number of anilines is 1. The Kier molecular flexibility index (Phi) is 3.92. The van der Waals surface area contributed by atoms with Crippen molar-refractivity contribution in [3.8, 4) is 11.4 Å². The van der Waals surface area contributed by atoms with Gasteiger partial charge in [0.2, 0.25) is 0 Å². The number of aryl methyl sites for hydroxylation is 1. The summed E-state index contributed by atoms with van der Waals surface area (Å²) in [6.07, 6.45) is 4.68. The van der Waals surface area contributed by atoms with Gasteiger partial charge in [-0.3, -0.25) is 0 Å². The Bertz CT molecular complexity index is 488. The van der Waals surface area contributed by atoms with Crippen molar-refractivity contribution in [2.75, 3.05) is 11.9 Å². The molecule has 1 N–H and O–H groups in total. The van der Waals surface area contributed by atoms with Crippen molar-refractivity contribution in [3.05, 3.63) is 24.7 Å². The summed E-state index contributed by atoms with van der Waals surface area (Å²) in [6.45, 7) is 5.37. The zero-order chi connectivity index (χ0) is 13.0. The number of hydrogen-bond donors (Lipinski definition) is 1. The van der Waals surface area contributed by atoms with Gasteiger partial charge < -0.3 is 9.88 Å². The van der Waals surface area contributed by atoms with Gasteiger partial charge in [0.15, 0.2) is 5.82 Å². The summed E-state index contributed by atoms with van der Waals surface area (Å²) in [4.78, 5) is 4.39. The van der Waals surface area contributed by atoms with Gasteiger partial charge in [-0.25, -0.2) is 4.98 Å². The normalized spacial score (nSPS) is 12.4. The van der Waals surface area contributed by atoms with Crippen LogP contribution in [0.1, 0.15) is 20.3 Å². The van der Waals surface area contributed by atoms with Gasteiger partial charge in [0.05, 0.1) is 0 Å². The molecule has 0 spiro atoms. The molecule has 1 unspecified atom stereocenters. The van der Waals surface area contributed by atoms with Crippen molar-refractivity contribution in [1.29, 1.82) is 0 Å². The van der Waals surface area contributed by atoms with Crippen molar-refractivity contribution >= 4 is 5.82 Å². The van der Waals surface area contributed by atoms with Gasteiger partial charge in [0.25, 0.3) is 0 Å². The molecule has 96 valence electrons. The molecule has 0 aromatic carbocycles. The molecule has 2 rings (SSSR count). The zero-order valence-electron chi connectivity index (χ0n) is 11.1. The van der Waals surface area contributed by atoms with Crippen LogP contribution in [0.4, 0.5) is 5.82 Å². The lowest BCUT2D eigenvalue weighted by Gasteiger charge is -2.10. The van der Waals surface area contributed by atoms with E-state index in [9.17, 15) is 0 Å². The first-order valence-electron chi connectivity index (χ1n) is 6.25. The Morgan fingerprint density at radius 3 is 2.78 bits per heavy atom. The van der Waals surface area contributed by atoms with Crippen molar-refractivity contribution in [1.82, 2.24) is 19.7 Å². The molecule has 2 aromatic heterocycles. The van der Waals surface area contributed by atoms with Gasteiger partial charge in [-0.15, -0.1) is 10.2 Å². The van der Waals surface area contributed by atoms with E-state index >= 15 is 0 Å². The molecule has 0 aliphatic heterocycles. The monoisotopic (exact) mass is 245 g/mol. The average Bonchev–Trinajstić information content (AvgIpc) is 2.83. The van der Waals surface area contributed by atoms with Crippen molar-refractivity contribution < 1.29 is 0 Å². The molecule has 0 fully saturated rings. The van der Waals surface area contributed by atoms with Crippen molar-refractivity contribution in [3.63, 3.8) is 0 Å². The standard InChI is InChI=1S/C13H19N5/c1-4-10(2)7-14-12-6-5-11(8-15-12)13-17-16-9-18(13)3/h5-6,8-10H,4,7H2,1-3H3,(H,14,15). The van der Waals surface area contributed by atoms with Gasteiger partial charge in [-0.2, -0.15) is 0 Å². The van der Waals surface area contributed by atoms with E-state index in [4.69, 9.17) is 0 Å². The third-order valence-corrected chi connectivity index (χ3v) is 3.06. The van der Waals surface area contributed by atoms with Gasteiger partial charge in [0.1, 0.15) is 12.1 Å². The van der Waals surface area contributed by atoms with Crippen molar-refractivity contribution in [2.24, 2.45) is 13.0 Å². The third-order valence-electron chi connectivity index (χ3n) is 3.06. The molecule has 18 heavy (non-hydrogen) atoms. The number of nitrogens with zero attached hydrogens (tertiary/aromatic N) is 4. The molecule has 2 heterocycles. The Hall–Kier alpha value is -1.91. The van der Waals surface area contributed by atoms with Gasteiger partial charge >= 0.3 is 0 Å². The van der Waals surface area contributed by atoms with E-state index in [0.717, 1.165) is 23.8 Å². The van der Waals surface area contributed by atoms with E-state index in [2.05, 4.69) is 34.3 Å². The second-order valence-electron chi connectivity index (χ2n) is 4.59. The summed E-state index contributed by atoms with van der Waals surface area (Å²) in [7, 11) is 1.92. The van der Waals surface area contributed by atoms with Gasteiger partial charge in [-0.1, -0.05) is 20.3 Å². The Morgan fingerprint density at radius 2 is 2.22 bits per heavy atom. The lowest BCUT2D eigenvalue weighted by atomic mass is 10.1. The Labute approximate surface area is 107 Å². The predicted molar refractivity (Wildman–Crippen MR) is 72.2 cm³/mol. The van der Waals surface area contributed by atoms with Crippen LogP contribution in [0.2, 0.25) is 0 Å². The third kappa shape index (κ3) is 2.85. The first kappa shape index (κ1) is 12.5. The lowest BCUT2D eigenvalue weighted by molar-refractivity contribution is 0.592. The minimum atomic E-state index is 0.658. The summed E-state index contributed by atoms with van der Waals surface area (Å²) in [5, 5.41) is 11.2. The fourth-order valence-corrected chi connectivity index (χ4v) is 1.60. The molecule has 0 bridgehead atoms. The molecule has 1 atom stereocenters. The van der Waals surface area contributed by atoms with Crippen LogP contribution in [0, 0.1) is 5.92 Å². The molecule has 5 nitrogen and oxygen atoms in total. The van der Waals surface area contributed by atoms with Crippen molar-refractivity contribution in [2.45, 2.75) is 20.3 Å². The molecule has 0 aliphatic rings. The van der Waals surface area contributed by atoms with E-state index < -0.39 is 0 Å². The molecular weight excluding hydrogens is 226 g/mol. The SMILES string of the molecule is CCC(C)CNc1ccc(-c2nncn2C)cn1. The highest BCUT2D eigenvalue weighted by molar-refractivity contribution is 5.55. The highest BCUT2D eigenvalue weighted by atomic mass is 15.2. The molecule has 0 aliphatic carbocycles. The highest BCUT2D eigenvalue weighted by Gasteiger charge is 2.05. The molecule has 0 radical (unpaired) electrons. The topological polar surface area (TPSA) is 55.6 Å². The first-order chi connectivity index (χ1) is 8.70. The predicted octanol–water partition coefficient (Wildman–Crippen LogP) is 2.34. The fraction of sp³-hybridized carbons (Fsp3) is 0.462. The largest absolute Gasteiger partial charge is 0.370 e. The minimum Gasteiger partial charge on any atom is -0.370 e. The van der Waals surface area contributed by atoms with E-state index in [1.54, 1.807) is 6.33 Å². The summed E-state index contributed by atoms with van der Waals surface area (Å²) in [5.41, 5.74) is 0.976. The number of hydrogen-bond acceptors (Lipinski definition) is 4. The number of pyridine rings is 1. The van der Waals surface area contributed by atoms with Crippen LogP contribution in [0.25, 0.3) is 11.4 Å². The van der Waals surface area contributed by atoms with Crippen LogP contribution in [0.15, 0.2) is 24.7 Å². The van der Waals surface area contributed by atoms with E-state index in [0.29, 0.717) is 5.92 Å². The molecule has 0 saturated carbocycles. The van der Waals surface area contributed by atoms with Crippen LogP contribution < -0.4 is 5.32 Å². The lowest BCUT2D eigenvalue weighted by Crippen LogP contribution is -2.11. The summed E-state index contributed by atoms with van der Waals surface area (Å²) >= 11 is 0. The number of nitrogens with one attached hydrogen (secondary N) is 1. The van der Waals surface area contributed by atoms with Crippen LogP contribution in [0.3, 0.4) is 0 Å². The molecular formula is C13H19N5. The second kappa shape index (κ2) is 5.62. The highest BCUT2D eigenvalue weighted by Crippen LogP contribution is 2.16. The molecule has 2 aromatic rings. The first-order valence-corrected chi connectivity index (χ1v) is 6.25. The molecule has 0 amide bonds. The Balaban J connectivity index is 2.04. The van der Waals surface area contributed by atoms with E-state index in [1.807, 2.05) is 29.9 Å². The summed E-state index contributed by atoms with van der Waals surface area (Å²) in [5.74, 6) is 2.39. The number of rotatable bonds is 5. The molecule has 5 heteroatoms. The van der Waals surface area contributed by atoms with Crippen LogP contribution in [-0.4, -0.2) is 26.3 Å². The maximum Gasteiger partial charge on any atom is 0.165 e. The van der Waals surface area contributed by atoms with Crippen LogP contribution >= 0.6 is 0 Å². The maximum absolute atomic E-state index is 4.39. The smallest absolute Gasteiger partial charge is 0.165 e. The fourth-order valence-electron chi connectivity index (χ4n) is 1.60. The zero-order valence-corrected chi connectivity index (χ0v) is 11.1.